The van der Waals surface area contributed by atoms with Crippen LogP contribution in [0.1, 0.15) is 60.8 Å². The molecule has 1 fully saturated rings. The number of rotatable bonds is 8. The molecule has 3 amide bonds. The number of amides is 3. The van der Waals surface area contributed by atoms with E-state index < -0.39 is 23.8 Å². The molecule has 0 aromatic rings. The zero-order chi connectivity index (χ0) is 21.5. The Labute approximate surface area is 161 Å². The van der Waals surface area contributed by atoms with E-state index in [1.807, 2.05) is 20.8 Å². The van der Waals surface area contributed by atoms with Crippen LogP contribution in [0, 0.1) is 5.92 Å². The van der Waals surface area contributed by atoms with Crippen LogP contribution in [0.25, 0.3) is 0 Å². The fourth-order valence-electron chi connectivity index (χ4n) is 2.99. The van der Waals surface area contributed by atoms with Crippen molar-refractivity contribution >= 4 is 24.1 Å². The van der Waals surface area contributed by atoms with Gasteiger partial charge in [0.15, 0.2) is 0 Å². The Kier molecular flexibility index (Phi) is 7.95. The maximum absolute atomic E-state index is 12.9. The summed E-state index contributed by atoms with van der Waals surface area (Å²) in [5.74, 6) is -0.209. The molecule has 28 heavy (non-hydrogen) atoms. The molecule has 1 saturated heterocycles. The third-order valence-electron chi connectivity index (χ3n) is 4.29. The van der Waals surface area contributed by atoms with E-state index in [4.69, 9.17) is 4.74 Å². The minimum absolute atomic E-state index is 0.180. The van der Waals surface area contributed by atoms with Gasteiger partial charge >= 0.3 is 135 Å². The topological polar surface area (TPSA) is 100 Å². The molecule has 0 saturated carbocycles. The van der Waals surface area contributed by atoms with Crippen molar-refractivity contribution in [3.63, 3.8) is 0 Å². The Bertz CT molecular complexity index is 589. The first kappa shape index (κ1) is 22.9. The van der Waals surface area contributed by atoms with Crippen LogP contribution in [0.2, 0.25) is 0 Å². The third-order valence-corrected chi connectivity index (χ3v) is 4.61. The zero-order valence-electron chi connectivity index (χ0n) is 17.5. The van der Waals surface area contributed by atoms with E-state index in [0.717, 1.165) is 0 Å². The van der Waals surface area contributed by atoms with Gasteiger partial charge in [0, 0.05) is 0 Å². The van der Waals surface area contributed by atoms with Gasteiger partial charge in [-0.15, -0.1) is 0 Å². The number of nitrogens with one attached hydrogen (secondary N) is 2. The van der Waals surface area contributed by atoms with Crippen molar-refractivity contribution in [3.8, 4) is 0 Å². The van der Waals surface area contributed by atoms with Crippen molar-refractivity contribution < 1.29 is 19.1 Å². The average molecular weight is 643 g/mol. The summed E-state index contributed by atoms with van der Waals surface area (Å²) in [6.07, 6.45) is 2.75. The molecule has 1 aliphatic rings. The van der Waals surface area contributed by atoms with E-state index in [0.29, 0.717) is 25.8 Å². The molecule has 0 unspecified atom stereocenters. The van der Waals surface area contributed by atoms with E-state index in [1.54, 1.807) is 31.9 Å². The molecule has 0 aliphatic carbocycles. The van der Waals surface area contributed by atoms with Gasteiger partial charge in [-0.1, -0.05) is 0 Å². The minimum atomic E-state index is -0.672. The standard InChI is InChI=1S/C19H33N4O4.Lr/c1-7-13(11-20)21-16(24)15(10-12(2)3)23-9-8-14(17(23)25)22-18(26)27-19(4,5)6;/h11-15H,7-10H2,1-6H3,(H,21,24)(H,22,26);/q-1;+1/t13-,14+,15-;/m0./s1. The van der Waals surface area contributed by atoms with Crippen molar-refractivity contribution in [2.24, 2.45) is 11.3 Å². The second-order valence-electron chi connectivity index (χ2n) is 8.40. The Balaban J connectivity index is 2.85. The average Bonchev–Trinajstić information content (AvgIpc) is 2.90. The van der Waals surface area contributed by atoms with Crippen molar-refractivity contribution in [1.29, 1.82) is 0 Å². The molecule has 0 bridgehead atoms. The summed E-state index contributed by atoms with van der Waals surface area (Å²) in [7, 11) is 0. The van der Waals surface area contributed by atoms with Gasteiger partial charge in [0.25, 0.3) is 0 Å². The number of hydrogen-bond acceptors (Lipinski definition) is 5. The van der Waals surface area contributed by atoms with Crippen LogP contribution in [0.5, 0.6) is 0 Å². The molecule has 2 N–H and O–H groups in total. The summed E-state index contributed by atoms with van der Waals surface area (Å²) in [4.78, 5) is 39.3. The number of nitrogens with zero attached hydrogens (tertiary/aromatic N) is 2. The van der Waals surface area contributed by atoms with Crippen molar-refractivity contribution in [2.45, 2.75) is 84.5 Å². The van der Waals surface area contributed by atoms with E-state index in [1.165, 1.54) is 0 Å². The van der Waals surface area contributed by atoms with E-state index >= 15 is 0 Å². The second kappa shape index (κ2) is 9.71. The molecule has 0 aromatic heterocycles. The molecule has 0 spiro atoms. The van der Waals surface area contributed by atoms with Crippen molar-refractivity contribution in [1.82, 2.24) is 15.5 Å². The zero-order valence-corrected chi connectivity index (χ0v) is 19.7. The van der Waals surface area contributed by atoms with Crippen LogP contribution >= 0.6 is 0 Å². The third kappa shape index (κ3) is 6.89. The van der Waals surface area contributed by atoms with Gasteiger partial charge in [0.05, 0.1) is 0 Å². The van der Waals surface area contributed by atoms with Gasteiger partial charge in [-0.05, 0) is 20.8 Å². The Hall–Kier alpha value is -3.12. The molecule has 3 atom stereocenters. The number of likely N-dealkylation sites (tertiary alicyclic amines) is 1. The van der Waals surface area contributed by atoms with E-state index in [9.17, 15) is 14.4 Å². The second-order valence-corrected chi connectivity index (χ2v) is 8.96. The maximum atomic E-state index is 12.9. The number of hydrogen-bond donors (Lipinski definition) is 2. The molecule has 168 valence electrons. The molecular formula is C19H33LrN4O4. The summed E-state index contributed by atoms with van der Waals surface area (Å²) >= 11 is 0. The Morgan fingerprint density at radius 2 is 2.04 bits per heavy atom. The van der Waals surface area contributed by atoms with Crippen LogP contribution in [0.15, 0.2) is 5.41 Å². The Morgan fingerprint density at radius 1 is 1.39 bits per heavy atom. The molecule has 0 aromatic carbocycles. The number of carbonyl (C=O) groups excluding carboxylic acids is 3. The summed E-state index contributed by atoms with van der Waals surface area (Å²) < 4.78 is 7.29. The van der Waals surface area contributed by atoms with Gasteiger partial charge in [-0.3, -0.25) is 0 Å². The fraction of sp³-hybridized carbons (Fsp3) is 0.789. The fourth-order valence-corrected chi connectivity index (χ4v) is 3.37. The SMILES string of the molecule is CC[C@@H](/C=[N]/[Lr])NC(=O)[C@H](CC(C)C)N1CC[C@@H](NC(=O)OC(C)(C)C)C1=O. The Morgan fingerprint density at radius 3 is 2.54 bits per heavy atom. The van der Waals surface area contributed by atoms with Crippen molar-refractivity contribution in [3.05, 3.63) is 0 Å². The first-order valence-corrected chi connectivity index (χ1v) is 10.6. The van der Waals surface area contributed by atoms with Crippen molar-refractivity contribution in [2.75, 3.05) is 6.54 Å². The predicted octanol–water partition coefficient (Wildman–Crippen LogP) is 1.96. The van der Waals surface area contributed by atoms with Gasteiger partial charge in [-0.2, -0.15) is 0 Å². The summed E-state index contributed by atoms with van der Waals surface area (Å²) in [5.41, 5.74) is -0.639. The predicted molar refractivity (Wildman–Crippen MR) is 103 cm³/mol. The van der Waals surface area contributed by atoms with Crippen LogP contribution in [-0.4, -0.2) is 59.3 Å². The van der Waals surface area contributed by atoms with Crippen LogP contribution < -0.4 is 10.6 Å². The van der Waals surface area contributed by atoms with Gasteiger partial charge < -0.3 is 0 Å². The monoisotopic (exact) mass is 643 g/mol. The van der Waals surface area contributed by atoms with Crippen LogP contribution in [-0.2, 0) is 14.3 Å². The molecule has 1 aliphatic heterocycles. The summed E-state index contributed by atoms with van der Waals surface area (Å²) in [5, 5.41) is 9.51. The normalized spacial score (nSPS) is 19.8. The first-order valence-electron chi connectivity index (χ1n) is 9.68. The molecule has 1 heterocycles. The summed E-state index contributed by atoms with van der Waals surface area (Å²) in [6, 6.07) is -1.43. The molecular weight excluding hydrogens is 610 g/mol. The van der Waals surface area contributed by atoms with E-state index in [-0.39, 0.29) is 23.8 Å². The molecule has 0 radical (unpaired) electrons. The number of alkyl carbamates (subject to hydrolysis) is 1. The molecule has 9 heteroatoms. The van der Waals surface area contributed by atoms with Crippen LogP contribution in [0.4, 0.5) is 4.79 Å². The van der Waals surface area contributed by atoms with Gasteiger partial charge in [0.1, 0.15) is 5.60 Å². The quantitative estimate of drug-likeness (QED) is 0.396. The van der Waals surface area contributed by atoms with Crippen LogP contribution in [0.3, 0.4) is 0 Å². The summed E-state index contributed by atoms with van der Waals surface area (Å²) in [6.45, 7) is 11.7. The number of ether oxygens (including phenoxy) is 1. The molecule has 1 rings (SSSR count). The molecule has 8 nitrogen and oxygen atoms in total. The van der Waals surface area contributed by atoms with Gasteiger partial charge in [0.2, 0.25) is 0 Å². The first-order chi connectivity index (χ1) is 13.0. The van der Waals surface area contributed by atoms with Gasteiger partial charge in [-0.25, -0.2) is 0 Å². The van der Waals surface area contributed by atoms with E-state index in [2.05, 4.69) is 16.0 Å². The number of carbonyl (C=O) groups is 3.